The Morgan fingerprint density at radius 1 is 1.15 bits per heavy atom. The molecule has 3 atom stereocenters. The van der Waals surface area contributed by atoms with Crippen LogP contribution in [-0.4, -0.2) is 123 Å². The van der Waals surface area contributed by atoms with Gasteiger partial charge in [0.15, 0.2) is 5.82 Å². The molecular formula is C32H42FN7O6. The lowest BCUT2D eigenvalue weighted by molar-refractivity contribution is -0.262. The molecule has 0 aromatic carbocycles. The van der Waals surface area contributed by atoms with Crippen LogP contribution in [0.5, 0.6) is 5.88 Å². The van der Waals surface area contributed by atoms with Crippen LogP contribution < -0.4 is 10.1 Å². The highest BCUT2D eigenvalue weighted by Gasteiger charge is 2.61. The predicted octanol–water partition coefficient (Wildman–Crippen LogP) is 2.58. The number of hydrogen-bond acceptors (Lipinski definition) is 9. The second-order valence-electron chi connectivity index (χ2n) is 14.5. The number of halogens is 1. The monoisotopic (exact) mass is 639 g/mol. The smallest absolute Gasteiger partial charge is 0.410 e. The number of aromatic nitrogens is 3. The second-order valence-corrected chi connectivity index (χ2v) is 14.5. The number of likely N-dealkylation sites (tertiary alicyclic amines) is 3. The quantitative estimate of drug-likeness (QED) is 0.488. The molecule has 7 rings (SSSR count). The van der Waals surface area contributed by atoms with Gasteiger partial charge in [-0.15, -0.1) is 0 Å². The molecular weight excluding hydrogens is 597 g/mol. The van der Waals surface area contributed by atoms with E-state index in [1.165, 1.54) is 13.2 Å². The van der Waals surface area contributed by atoms with Gasteiger partial charge in [-0.05, 0) is 58.9 Å². The number of methoxy groups -OCH3 is 1. The summed E-state index contributed by atoms with van der Waals surface area (Å²) < 4.78 is 31.0. The summed E-state index contributed by atoms with van der Waals surface area (Å²) in [5.41, 5.74) is -0.447. The SMILES string of the molecule is COc1cc(-c2cc(C(=O)N3CC[C@H](C(=O)NC4CCN(C5COC56CN(C(=O)OC(C)(C)C)C6)C4)CC34CC4)[nH]n2)c(F)cn1. The average Bonchev–Trinajstić information content (AvgIpc) is 3.34. The van der Waals surface area contributed by atoms with Gasteiger partial charge in [-0.2, -0.15) is 5.10 Å². The normalized spacial score (nSPS) is 26.4. The Morgan fingerprint density at radius 2 is 1.93 bits per heavy atom. The lowest BCUT2D eigenvalue weighted by Gasteiger charge is -2.61. The molecule has 46 heavy (non-hydrogen) atoms. The van der Waals surface area contributed by atoms with E-state index in [1.807, 2.05) is 25.7 Å². The van der Waals surface area contributed by atoms with Crippen LogP contribution in [0, 0.1) is 11.7 Å². The molecule has 2 aromatic rings. The first-order chi connectivity index (χ1) is 21.9. The summed E-state index contributed by atoms with van der Waals surface area (Å²) in [4.78, 5) is 49.3. The van der Waals surface area contributed by atoms with Crippen LogP contribution in [0.2, 0.25) is 0 Å². The Morgan fingerprint density at radius 3 is 2.61 bits per heavy atom. The van der Waals surface area contributed by atoms with E-state index in [2.05, 4.69) is 25.4 Å². The summed E-state index contributed by atoms with van der Waals surface area (Å²) in [7, 11) is 1.45. The number of aromatic amines is 1. The van der Waals surface area contributed by atoms with Crippen molar-refractivity contribution < 1.29 is 33.0 Å². The average molecular weight is 640 g/mol. The van der Waals surface area contributed by atoms with Crippen LogP contribution in [0.1, 0.15) is 63.4 Å². The fraction of sp³-hybridized carbons (Fsp3) is 0.656. The summed E-state index contributed by atoms with van der Waals surface area (Å²) in [6.07, 6.45) is 4.52. The Balaban J connectivity index is 0.912. The van der Waals surface area contributed by atoms with Crippen molar-refractivity contribution in [1.29, 1.82) is 0 Å². The van der Waals surface area contributed by atoms with Crippen molar-refractivity contribution in [3.05, 3.63) is 29.8 Å². The molecule has 4 saturated heterocycles. The standard InChI is InChI=1S/C32H42FN7O6/c1-30(2,3)46-29(43)39-17-32(18-39)25(16-45-32)38-9-6-20(15-38)35-27(41)19-5-10-40(31(13-19)7-8-31)28(42)24-12-23(36-37-24)21-11-26(44-4)34-14-22(21)33/h11-12,14,19-20,25H,5-10,13,15-18H2,1-4H3,(H,35,41)(H,36,37)/t19-,20?,25?/m0/s1. The molecule has 6 heterocycles. The number of H-pyrrole nitrogens is 1. The van der Waals surface area contributed by atoms with Crippen molar-refractivity contribution in [2.24, 2.45) is 5.92 Å². The van der Waals surface area contributed by atoms with E-state index in [4.69, 9.17) is 14.2 Å². The fourth-order valence-corrected chi connectivity index (χ4v) is 7.49. The van der Waals surface area contributed by atoms with Gasteiger partial charge >= 0.3 is 6.09 Å². The Bertz CT molecular complexity index is 1530. The molecule has 2 spiro atoms. The van der Waals surface area contributed by atoms with E-state index in [9.17, 15) is 18.8 Å². The first kappa shape index (κ1) is 30.9. The van der Waals surface area contributed by atoms with Gasteiger partial charge in [0, 0.05) is 48.8 Å². The van der Waals surface area contributed by atoms with Gasteiger partial charge in [0.05, 0.1) is 44.7 Å². The van der Waals surface area contributed by atoms with Crippen molar-refractivity contribution in [2.45, 2.75) is 81.7 Å². The van der Waals surface area contributed by atoms with E-state index in [0.717, 1.165) is 38.5 Å². The predicted molar refractivity (Wildman–Crippen MR) is 162 cm³/mol. The minimum Gasteiger partial charge on any atom is -0.481 e. The summed E-state index contributed by atoms with van der Waals surface area (Å²) in [6.45, 7) is 9.34. The fourth-order valence-electron chi connectivity index (χ4n) is 7.49. The highest BCUT2D eigenvalue weighted by atomic mass is 19.1. The van der Waals surface area contributed by atoms with Gasteiger partial charge in [-0.25, -0.2) is 14.2 Å². The molecule has 2 unspecified atom stereocenters. The number of ether oxygens (including phenoxy) is 3. The van der Waals surface area contributed by atoms with Gasteiger partial charge in [-0.1, -0.05) is 0 Å². The van der Waals surface area contributed by atoms with Crippen LogP contribution in [0.4, 0.5) is 9.18 Å². The number of nitrogens with one attached hydrogen (secondary N) is 2. The molecule has 0 bridgehead atoms. The minimum atomic E-state index is -0.560. The lowest BCUT2D eigenvalue weighted by Crippen LogP contribution is -2.80. The number of rotatable bonds is 6. The number of hydrogen-bond donors (Lipinski definition) is 2. The summed E-state index contributed by atoms with van der Waals surface area (Å²) in [5.74, 6) is -0.614. The zero-order valence-electron chi connectivity index (χ0n) is 26.8. The molecule has 248 valence electrons. The maximum Gasteiger partial charge on any atom is 0.410 e. The van der Waals surface area contributed by atoms with E-state index < -0.39 is 11.4 Å². The maximum absolute atomic E-state index is 14.4. The highest BCUT2D eigenvalue weighted by Crippen LogP contribution is 2.50. The number of pyridine rings is 1. The molecule has 0 radical (unpaired) electrons. The number of carbonyl (C=O) groups excluding carboxylic acids is 3. The minimum absolute atomic E-state index is 0.0514. The third-order valence-corrected chi connectivity index (χ3v) is 10.2. The molecule has 2 aromatic heterocycles. The van der Waals surface area contributed by atoms with Crippen molar-refractivity contribution >= 4 is 17.9 Å². The maximum atomic E-state index is 14.4. The van der Waals surface area contributed by atoms with Gasteiger partial charge in [0.1, 0.15) is 16.9 Å². The Hall–Kier alpha value is -3.78. The summed E-state index contributed by atoms with van der Waals surface area (Å²) in [6, 6.07) is 3.27. The zero-order valence-corrected chi connectivity index (χ0v) is 26.8. The van der Waals surface area contributed by atoms with Gasteiger partial charge in [0.2, 0.25) is 11.8 Å². The second kappa shape index (κ2) is 11.2. The highest BCUT2D eigenvalue weighted by molar-refractivity contribution is 5.94. The van der Waals surface area contributed by atoms with E-state index in [1.54, 1.807) is 11.0 Å². The van der Waals surface area contributed by atoms with E-state index in [-0.39, 0.29) is 64.2 Å². The molecule has 5 fully saturated rings. The molecule has 2 N–H and O–H groups in total. The van der Waals surface area contributed by atoms with Gasteiger partial charge in [-0.3, -0.25) is 19.6 Å². The molecule has 3 amide bonds. The number of nitrogens with zero attached hydrogens (tertiary/aromatic N) is 5. The first-order valence-corrected chi connectivity index (χ1v) is 16.1. The summed E-state index contributed by atoms with van der Waals surface area (Å²) in [5, 5.41) is 10.3. The van der Waals surface area contributed by atoms with Crippen molar-refractivity contribution in [1.82, 2.24) is 35.2 Å². The van der Waals surface area contributed by atoms with E-state index >= 15 is 0 Å². The van der Waals surface area contributed by atoms with Crippen LogP contribution in [0.15, 0.2) is 18.3 Å². The molecule has 1 saturated carbocycles. The third-order valence-electron chi connectivity index (χ3n) is 10.2. The number of carbonyl (C=O) groups is 3. The van der Waals surface area contributed by atoms with Crippen molar-refractivity contribution in [3.8, 4) is 17.1 Å². The molecule has 13 nitrogen and oxygen atoms in total. The molecule has 1 aliphatic carbocycles. The van der Waals surface area contributed by atoms with Gasteiger partial charge in [0.25, 0.3) is 5.91 Å². The van der Waals surface area contributed by atoms with Crippen molar-refractivity contribution in [3.63, 3.8) is 0 Å². The largest absolute Gasteiger partial charge is 0.481 e. The lowest BCUT2D eigenvalue weighted by atomic mass is 9.81. The molecule has 14 heteroatoms. The number of piperidine rings is 1. The van der Waals surface area contributed by atoms with Crippen molar-refractivity contribution in [2.75, 3.05) is 46.4 Å². The zero-order chi connectivity index (χ0) is 32.4. The first-order valence-electron chi connectivity index (χ1n) is 16.1. The van der Waals surface area contributed by atoms with E-state index in [0.29, 0.717) is 44.8 Å². The topological polar surface area (TPSA) is 142 Å². The third kappa shape index (κ3) is 5.59. The molecule has 5 aliphatic rings. The van der Waals surface area contributed by atoms with Gasteiger partial charge < -0.3 is 29.3 Å². The van der Waals surface area contributed by atoms with Crippen LogP contribution in [0.25, 0.3) is 11.3 Å². The van der Waals surface area contributed by atoms with Crippen LogP contribution in [-0.2, 0) is 14.3 Å². The Labute approximate surface area is 267 Å². The molecule has 4 aliphatic heterocycles. The van der Waals surface area contributed by atoms with Crippen LogP contribution in [0.3, 0.4) is 0 Å². The summed E-state index contributed by atoms with van der Waals surface area (Å²) >= 11 is 0. The van der Waals surface area contributed by atoms with Crippen LogP contribution >= 0.6 is 0 Å². The Kier molecular flexibility index (Phi) is 7.50. The number of amides is 3.